The molecule has 19 heavy (non-hydrogen) atoms. The van der Waals surface area contributed by atoms with Crippen molar-refractivity contribution in [3.05, 3.63) is 21.0 Å². The van der Waals surface area contributed by atoms with Gasteiger partial charge >= 0.3 is 12.3 Å². The molecule has 1 heterocycles. The number of hydrogen-bond donors (Lipinski definition) is 0. The molecule has 0 atom stereocenters. The maximum atomic E-state index is 12.6. The van der Waals surface area contributed by atoms with Crippen molar-refractivity contribution in [2.45, 2.75) is 19.5 Å². The fraction of sp³-hybridized carbons (Fsp3) is 0.400. The van der Waals surface area contributed by atoms with E-state index < -0.39 is 31.2 Å². The highest BCUT2D eigenvalue weighted by molar-refractivity contribution is 14.1. The van der Waals surface area contributed by atoms with Crippen molar-refractivity contribution in [1.82, 2.24) is 4.98 Å². The molecule has 0 saturated heterocycles. The topological polar surface area (TPSA) is 48.4 Å². The summed E-state index contributed by atoms with van der Waals surface area (Å²) >= 11 is 1.51. The Morgan fingerprint density at radius 1 is 1.47 bits per heavy atom. The smallest absolute Gasteiger partial charge is 0.469 e. The molecule has 0 N–H and O–H groups in total. The summed E-state index contributed by atoms with van der Waals surface area (Å²) in [5, 5.41) is 0. The highest BCUT2D eigenvalue weighted by Crippen LogP contribution is 2.33. The normalized spacial score (nSPS) is 11.3. The molecule has 0 fully saturated rings. The molecule has 0 aliphatic heterocycles. The summed E-state index contributed by atoms with van der Waals surface area (Å²) in [6.07, 6.45) is -4.39. The number of aromatic nitrogens is 1. The molecule has 0 aliphatic carbocycles. The van der Waals surface area contributed by atoms with E-state index in [4.69, 9.17) is 0 Å². The van der Waals surface area contributed by atoms with Gasteiger partial charge < -0.3 is 9.47 Å². The van der Waals surface area contributed by atoms with Crippen LogP contribution < -0.4 is 4.74 Å². The number of hydrogen-bond acceptors (Lipinski definition) is 4. The van der Waals surface area contributed by atoms with Crippen LogP contribution in [0.1, 0.15) is 11.3 Å². The summed E-state index contributed by atoms with van der Waals surface area (Å²) < 4.78 is 57.5. The molecular weight excluding hydrogens is 385 g/mol. The van der Waals surface area contributed by atoms with E-state index in [2.05, 4.69) is 14.5 Å². The Labute approximate surface area is 119 Å². The molecule has 1 aromatic heterocycles. The van der Waals surface area contributed by atoms with Gasteiger partial charge in [-0.2, -0.15) is 0 Å². The fourth-order valence-corrected chi connectivity index (χ4v) is 1.90. The van der Waals surface area contributed by atoms with Gasteiger partial charge in [-0.05, 0) is 22.6 Å². The van der Waals surface area contributed by atoms with Crippen molar-refractivity contribution in [2.24, 2.45) is 0 Å². The van der Waals surface area contributed by atoms with Crippen molar-refractivity contribution < 1.29 is 31.8 Å². The lowest BCUT2D eigenvalue weighted by Crippen LogP contribution is -2.21. The van der Waals surface area contributed by atoms with Crippen LogP contribution in [0.2, 0.25) is 0 Å². The number of rotatable bonds is 4. The highest BCUT2D eigenvalue weighted by Gasteiger charge is 2.34. The summed E-state index contributed by atoms with van der Waals surface area (Å²) in [5.41, 5.74) is -0.306. The van der Waals surface area contributed by atoms with Gasteiger partial charge in [0.15, 0.2) is 5.75 Å². The standard InChI is InChI=1S/C10H8F4INO3/c1-18-7(17)2-6-9(19-10(12,13)14)8(15)5(3-11)4-16-6/h4H,2-3H2,1H3. The van der Waals surface area contributed by atoms with E-state index in [0.717, 1.165) is 13.3 Å². The van der Waals surface area contributed by atoms with Crippen LogP contribution >= 0.6 is 22.6 Å². The largest absolute Gasteiger partial charge is 0.573 e. The zero-order valence-corrected chi connectivity index (χ0v) is 11.7. The number of methoxy groups -OCH3 is 1. The first-order chi connectivity index (χ1) is 8.78. The monoisotopic (exact) mass is 393 g/mol. The molecule has 1 rings (SSSR count). The summed E-state index contributed by atoms with van der Waals surface area (Å²) in [4.78, 5) is 14.7. The van der Waals surface area contributed by atoms with Crippen molar-refractivity contribution in [3.8, 4) is 5.75 Å². The van der Waals surface area contributed by atoms with Gasteiger partial charge in [-0.15, -0.1) is 13.2 Å². The van der Waals surface area contributed by atoms with Crippen LogP contribution in [0, 0.1) is 3.57 Å². The van der Waals surface area contributed by atoms with E-state index >= 15 is 0 Å². The Bertz CT molecular complexity index is 479. The van der Waals surface area contributed by atoms with E-state index in [9.17, 15) is 22.4 Å². The highest BCUT2D eigenvalue weighted by atomic mass is 127. The van der Waals surface area contributed by atoms with E-state index in [1.54, 1.807) is 0 Å². The van der Waals surface area contributed by atoms with Crippen molar-refractivity contribution >= 4 is 28.6 Å². The molecule has 0 radical (unpaired) electrons. The Morgan fingerprint density at radius 3 is 2.58 bits per heavy atom. The van der Waals surface area contributed by atoms with Crippen LogP contribution in [0.25, 0.3) is 0 Å². The Balaban J connectivity index is 3.22. The van der Waals surface area contributed by atoms with Crippen molar-refractivity contribution in [1.29, 1.82) is 0 Å². The van der Waals surface area contributed by atoms with Gasteiger partial charge in [-0.3, -0.25) is 9.78 Å². The molecule has 0 aliphatic rings. The maximum Gasteiger partial charge on any atom is 0.573 e. The number of nitrogens with zero attached hydrogens (tertiary/aromatic N) is 1. The molecule has 0 saturated carbocycles. The van der Waals surface area contributed by atoms with Crippen LogP contribution in [0.4, 0.5) is 17.6 Å². The third-order valence-corrected chi connectivity index (χ3v) is 3.20. The summed E-state index contributed by atoms with van der Waals surface area (Å²) in [6, 6.07) is 0. The van der Waals surface area contributed by atoms with Crippen molar-refractivity contribution in [2.75, 3.05) is 7.11 Å². The second-order valence-corrected chi connectivity index (χ2v) is 4.39. The summed E-state index contributed by atoms with van der Waals surface area (Å²) in [6.45, 7) is -0.988. The maximum absolute atomic E-state index is 12.6. The number of halogens is 5. The van der Waals surface area contributed by atoms with Crippen LogP contribution in [0.3, 0.4) is 0 Å². The van der Waals surface area contributed by atoms with Crippen LogP contribution in [0.5, 0.6) is 5.75 Å². The van der Waals surface area contributed by atoms with Gasteiger partial charge in [0, 0.05) is 11.8 Å². The number of carbonyl (C=O) groups is 1. The van der Waals surface area contributed by atoms with Crippen molar-refractivity contribution in [3.63, 3.8) is 0 Å². The van der Waals surface area contributed by atoms with E-state index in [0.29, 0.717) is 0 Å². The Kier molecular flexibility index (Phi) is 5.32. The van der Waals surface area contributed by atoms with Crippen LogP contribution in [0.15, 0.2) is 6.20 Å². The average Bonchev–Trinajstić information content (AvgIpc) is 2.32. The molecule has 0 amide bonds. The number of ether oxygens (including phenoxy) is 2. The molecule has 9 heteroatoms. The average molecular weight is 393 g/mol. The molecule has 1 aromatic rings. The van der Waals surface area contributed by atoms with Gasteiger partial charge in [0.25, 0.3) is 0 Å². The van der Waals surface area contributed by atoms with E-state index in [1.807, 2.05) is 0 Å². The lowest BCUT2D eigenvalue weighted by molar-refractivity contribution is -0.275. The lowest BCUT2D eigenvalue weighted by atomic mass is 10.2. The van der Waals surface area contributed by atoms with Gasteiger partial charge in [0.2, 0.25) is 0 Å². The first-order valence-corrected chi connectivity index (χ1v) is 5.91. The van der Waals surface area contributed by atoms with E-state index in [1.165, 1.54) is 22.6 Å². The first kappa shape index (κ1) is 15.9. The molecule has 4 nitrogen and oxygen atoms in total. The molecule has 0 bridgehead atoms. The minimum Gasteiger partial charge on any atom is -0.469 e. The minimum absolute atomic E-state index is 0.0477. The second kappa shape index (κ2) is 6.35. The number of esters is 1. The number of pyridine rings is 1. The van der Waals surface area contributed by atoms with Gasteiger partial charge in [-0.1, -0.05) is 0 Å². The third kappa shape index (κ3) is 4.48. The predicted octanol–water partition coefficient (Wildman–Crippen LogP) is 2.77. The molecule has 0 spiro atoms. The quantitative estimate of drug-likeness (QED) is 0.449. The second-order valence-electron chi connectivity index (χ2n) is 3.31. The SMILES string of the molecule is COC(=O)Cc1ncc(CF)c(I)c1OC(F)(F)F. The lowest BCUT2D eigenvalue weighted by Gasteiger charge is -2.15. The number of carbonyl (C=O) groups excluding carboxylic acids is 1. The Hall–Kier alpha value is -1.13. The summed E-state index contributed by atoms with van der Waals surface area (Å²) in [5.74, 6) is -1.45. The molecule has 0 unspecified atom stereocenters. The van der Waals surface area contributed by atoms with Gasteiger partial charge in [0.1, 0.15) is 6.67 Å². The minimum atomic E-state index is -4.96. The van der Waals surface area contributed by atoms with Crippen LogP contribution in [-0.4, -0.2) is 24.4 Å². The first-order valence-electron chi connectivity index (χ1n) is 4.83. The zero-order chi connectivity index (χ0) is 14.6. The molecule has 0 aromatic carbocycles. The van der Waals surface area contributed by atoms with Gasteiger partial charge in [0.05, 0.1) is 22.8 Å². The van der Waals surface area contributed by atoms with E-state index in [-0.39, 0.29) is 14.8 Å². The molecule has 106 valence electrons. The molecular formula is C10H8F4INO3. The number of alkyl halides is 4. The van der Waals surface area contributed by atoms with Crippen LogP contribution in [-0.2, 0) is 22.6 Å². The fourth-order valence-electron chi connectivity index (χ4n) is 1.19. The Morgan fingerprint density at radius 2 is 2.11 bits per heavy atom. The zero-order valence-electron chi connectivity index (χ0n) is 9.55. The third-order valence-electron chi connectivity index (χ3n) is 2.02. The van der Waals surface area contributed by atoms with Gasteiger partial charge in [-0.25, -0.2) is 4.39 Å². The predicted molar refractivity (Wildman–Crippen MR) is 64.2 cm³/mol. The summed E-state index contributed by atoms with van der Waals surface area (Å²) in [7, 11) is 1.09.